The number of aryl methyl sites for hydroxylation is 1. The number of carbonyl (C=O) groups is 1. The highest BCUT2D eigenvalue weighted by atomic mass is 32.1. The van der Waals surface area contributed by atoms with E-state index in [2.05, 4.69) is 27.2 Å². The SMILES string of the molecule is Cc1c(C(N)=O)sc2nc(N(OC3CCC(NC4CCN(C)CC4)CC3)c3ccccc3)nc(F)c12. The van der Waals surface area contributed by atoms with E-state index in [-0.39, 0.29) is 22.3 Å². The van der Waals surface area contributed by atoms with Gasteiger partial charge in [0.05, 0.1) is 22.1 Å². The summed E-state index contributed by atoms with van der Waals surface area (Å²) in [6.07, 6.45) is 6.19. The number of amides is 1. The molecular weight excluding hydrogens is 479 g/mol. The lowest BCUT2D eigenvalue weighted by atomic mass is 9.91. The van der Waals surface area contributed by atoms with Crippen LogP contribution in [0.1, 0.15) is 53.8 Å². The minimum atomic E-state index is -0.688. The van der Waals surface area contributed by atoms with Gasteiger partial charge in [0.2, 0.25) is 5.95 Å². The Kier molecular flexibility index (Phi) is 7.47. The van der Waals surface area contributed by atoms with Crippen molar-refractivity contribution in [2.24, 2.45) is 5.73 Å². The highest BCUT2D eigenvalue weighted by molar-refractivity contribution is 7.20. The molecule has 0 radical (unpaired) electrons. The number of likely N-dealkylation sites (tertiary alicyclic amines) is 1. The average molecular weight is 513 g/mol. The number of fused-ring (bicyclic) bond motifs is 1. The number of aromatic nitrogens is 2. The van der Waals surface area contributed by atoms with Crippen LogP contribution in [0, 0.1) is 12.9 Å². The molecule has 0 bridgehead atoms. The van der Waals surface area contributed by atoms with Crippen LogP contribution < -0.4 is 16.1 Å². The summed E-state index contributed by atoms with van der Waals surface area (Å²) in [4.78, 5) is 30.0. The summed E-state index contributed by atoms with van der Waals surface area (Å²) in [6, 6.07) is 10.5. The summed E-state index contributed by atoms with van der Waals surface area (Å²) in [5, 5.41) is 5.61. The smallest absolute Gasteiger partial charge is 0.259 e. The third kappa shape index (κ3) is 5.36. The van der Waals surface area contributed by atoms with E-state index < -0.39 is 11.9 Å². The molecule has 0 spiro atoms. The van der Waals surface area contributed by atoms with Gasteiger partial charge < -0.3 is 16.0 Å². The van der Waals surface area contributed by atoms with Crippen molar-refractivity contribution >= 4 is 39.1 Å². The van der Waals surface area contributed by atoms with Crippen LogP contribution in [0.2, 0.25) is 0 Å². The van der Waals surface area contributed by atoms with Gasteiger partial charge in [-0.15, -0.1) is 11.3 Å². The average Bonchev–Trinajstić information content (AvgIpc) is 3.22. The van der Waals surface area contributed by atoms with E-state index in [9.17, 15) is 4.79 Å². The van der Waals surface area contributed by atoms with Gasteiger partial charge in [-0.3, -0.25) is 9.63 Å². The third-order valence-electron chi connectivity index (χ3n) is 7.25. The van der Waals surface area contributed by atoms with E-state index in [4.69, 9.17) is 10.6 Å². The lowest BCUT2D eigenvalue weighted by Crippen LogP contribution is -2.47. The van der Waals surface area contributed by atoms with Gasteiger partial charge in [-0.05, 0) is 83.3 Å². The number of piperidine rings is 1. The third-order valence-corrected chi connectivity index (χ3v) is 8.45. The first kappa shape index (κ1) is 25.0. The molecule has 1 aliphatic carbocycles. The first-order valence-corrected chi connectivity index (χ1v) is 13.4. The number of nitrogens with two attached hydrogens (primary N) is 1. The Morgan fingerprint density at radius 1 is 1.11 bits per heavy atom. The number of primary amides is 1. The van der Waals surface area contributed by atoms with Crippen LogP contribution in [0.5, 0.6) is 0 Å². The second kappa shape index (κ2) is 10.8. The van der Waals surface area contributed by atoms with E-state index in [1.165, 1.54) is 17.9 Å². The summed E-state index contributed by atoms with van der Waals surface area (Å²) >= 11 is 1.08. The number of rotatable bonds is 7. The van der Waals surface area contributed by atoms with Crippen LogP contribution in [0.3, 0.4) is 0 Å². The number of anilines is 2. The van der Waals surface area contributed by atoms with Crippen molar-refractivity contribution in [3.05, 3.63) is 46.7 Å². The highest BCUT2D eigenvalue weighted by Gasteiger charge is 2.29. The second-order valence-corrected chi connectivity index (χ2v) is 10.9. The molecule has 36 heavy (non-hydrogen) atoms. The molecule has 5 rings (SSSR count). The van der Waals surface area contributed by atoms with Gasteiger partial charge in [0.15, 0.2) is 0 Å². The Bertz CT molecular complexity index is 1210. The molecule has 10 heteroatoms. The highest BCUT2D eigenvalue weighted by Crippen LogP contribution is 2.34. The van der Waals surface area contributed by atoms with Crippen molar-refractivity contribution in [2.45, 2.75) is 63.6 Å². The minimum absolute atomic E-state index is 0.0330. The summed E-state index contributed by atoms with van der Waals surface area (Å²) in [5.41, 5.74) is 6.66. The van der Waals surface area contributed by atoms with Crippen LogP contribution in [-0.2, 0) is 4.84 Å². The maximum atomic E-state index is 15.1. The van der Waals surface area contributed by atoms with Gasteiger partial charge in [-0.1, -0.05) is 18.2 Å². The predicted molar refractivity (Wildman–Crippen MR) is 140 cm³/mol. The predicted octanol–water partition coefficient (Wildman–Crippen LogP) is 4.30. The molecule has 1 saturated heterocycles. The van der Waals surface area contributed by atoms with Crippen LogP contribution in [0.25, 0.3) is 10.2 Å². The number of hydrogen-bond acceptors (Lipinski definition) is 8. The fourth-order valence-electron chi connectivity index (χ4n) is 5.18. The van der Waals surface area contributed by atoms with Crippen LogP contribution >= 0.6 is 11.3 Å². The van der Waals surface area contributed by atoms with Crippen molar-refractivity contribution in [1.29, 1.82) is 0 Å². The van der Waals surface area contributed by atoms with Gasteiger partial charge in [-0.25, -0.2) is 0 Å². The van der Waals surface area contributed by atoms with Crippen molar-refractivity contribution in [2.75, 3.05) is 25.2 Å². The first-order chi connectivity index (χ1) is 17.4. The molecule has 2 fully saturated rings. The van der Waals surface area contributed by atoms with E-state index in [1.54, 1.807) is 6.92 Å². The first-order valence-electron chi connectivity index (χ1n) is 12.6. The Morgan fingerprint density at radius 2 is 1.78 bits per heavy atom. The molecule has 2 aliphatic rings. The van der Waals surface area contributed by atoms with Gasteiger partial charge in [-0.2, -0.15) is 19.4 Å². The topological polar surface area (TPSA) is 96.6 Å². The van der Waals surface area contributed by atoms with Gasteiger partial charge in [0.1, 0.15) is 4.83 Å². The number of carbonyl (C=O) groups excluding carboxylic acids is 1. The molecule has 1 aromatic carbocycles. The molecule has 0 atom stereocenters. The van der Waals surface area contributed by atoms with Crippen molar-refractivity contribution in [3.63, 3.8) is 0 Å². The molecule has 1 saturated carbocycles. The van der Waals surface area contributed by atoms with E-state index >= 15 is 4.39 Å². The fraction of sp³-hybridized carbons (Fsp3) is 0.500. The quantitative estimate of drug-likeness (QED) is 0.360. The molecular formula is C26H33FN6O2S. The minimum Gasteiger partial charge on any atom is -0.365 e. The summed E-state index contributed by atoms with van der Waals surface area (Å²) in [6.45, 7) is 3.95. The lowest BCUT2D eigenvalue weighted by molar-refractivity contribution is 0.0186. The van der Waals surface area contributed by atoms with Crippen molar-refractivity contribution in [3.8, 4) is 0 Å². The van der Waals surface area contributed by atoms with Gasteiger partial charge >= 0.3 is 0 Å². The number of nitrogens with zero attached hydrogens (tertiary/aromatic N) is 4. The maximum Gasteiger partial charge on any atom is 0.259 e. The molecule has 3 heterocycles. The van der Waals surface area contributed by atoms with E-state index in [1.807, 2.05) is 30.3 Å². The summed E-state index contributed by atoms with van der Waals surface area (Å²) < 4.78 is 15.1. The van der Waals surface area contributed by atoms with E-state index in [0.717, 1.165) is 50.1 Å². The zero-order chi connectivity index (χ0) is 25.2. The number of hydrogen-bond donors (Lipinski definition) is 2. The second-order valence-electron chi connectivity index (χ2n) is 9.87. The number of nitrogens with one attached hydrogen (secondary N) is 1. The van der Waals surface area contributed by atoms with E-state index in [0.29, 0.717) is 28.2 Å². The molecule has 3 aromatic rings. The number of thiophene rings is 1. The Balaban J connectivity index is 1.33. The molecule has 1 aliphatic heterocycles. The van der Waals surface area contributed by atoms with Crippen LogP contribution in [-0.4, -0.2) is 59.1 Å². The maximum absolute atomic E-state index is 15.1. The number of halogens is 1. The van der Waals surface area contributed by atoms with Gasteiger partial charge in [0.25, 0.3) is 11.9 Å². The standard InChI is InChI=1S/C26H33FN6O2S/c1-16-21-23(27)30-26(31-25(21)36-22(16)24(28)34)33(19-6-4-3-5-7-19)35-20-10-8-17(9-11-20)29-18-12-14-32(2)15-13-18/h3-7,17-18,20,29H,8-15H2,1-2H3,(H2,28,34). The van der Waals surface area contributed by atoms with Gasteiger partial charge in [0, 0.05) is 12.1 Å². The van der Waals surface area contributed by atoms with Crippen LogP contribution in [0.15, 0.2) is 30.3 Å². The van der Waals surface area contributed by atoms with Crippen molar-refractivity contribution in [1.82, 2.24) is 20.2 Å². The fourth-order valence-corrected chi connectivity index (χ4v) is 6.20. The largest absolute Gasteiger partial charge is 0.365 e. The monoisotopic (exact) mass is 512 g/mol. The molecule has 2 aromatic heterocycles. The zero-order valence-corrected chi connectivity index (χ0v) is 21.6. The summed E-state index contributed by atoms with van der Waals surface area (Å²) in [7, 11) is 2.18. The normalized spacial score (nSPS) is 21.6. The molecule has 0 unspecified atom stereocenters. The molecule has 1 amide bonds. The zero-order valence-electron chi connectivity index (χ0n) is 20.7. The number of benzene rings is 1. The number of para-hydroxylation sites is 1. The molecule has 192 valence electrons. The Labute approximate surface area is 214 Å². The van der Waals surface area contributed by atoms with Crippen LogP contribution in [0.4, 0.5) is 16.0 Å². The Hall–Kier alpha value is -2.66. The molecule has 8 nitrogen and oxygen atoms in total. The molecule has 3 N–H and O–H groups in total. The Morgan fingerprint density at radius 3 is 2.44 bits per heavy atom. The summed E-state index contributed by atoms with van der Waals surface area (Å²) in [5.74, 6) is -1.18. The van der Waals surface area contributed by atoms with Crippen molar-refractivity contribution < 1.29 is 14.0 Å². The lowest BCUT2D eigenvalue weighted by Gasteiger charge is -2.36.